The third-order valence-corrected chi connectivity index (χ3v) is 8.64. The van der Waals surface area contributed by atoms with Crippen molar-refractivity contribution in [2.24, 2.45) is 0 Å². The van der Waals surface area contributed by atoms with Crippen LogP contribution in [0.15, 0.2) is 66.0 Å². The van der Waals surface area contributed by atoms with Gasteiger partial charge in [-0.25, -0.2) is 0 Å². The maximum absolute atomic E-state index is 13.1. The van der Waals surface area contributed by atoms with E-state index in [4.69, 9.17) is 23.2 Å². The Balaban J connectivity index is 1.44. The molecule has 0 aliphatic carbocycles. The Morgan fingerprint density at radius 3 is 2.46 bits per heavy atom. The number of nitrogens with zero attached hydrogens (tertiary/aromatic N) is 2. The zero-order valence-corrected chi connectivity index (χ0v) is 22.3. The number of hydrogen-bond acceptors (Lipinski definition) is 4. The van der Waals surface area contributed by atoms with E-state index in [0.717, 1.165) is 42.1 Å². The van der Waals surface area contributed by atoms with E-state index in [1.807, 2.05) is 77.9 Å². The predicted octanol–water partition coefficient (Wildman–Crippen LogP) is 6.67. The number of likely N-dealkylation sites (tertiary alicyclic amines) is 1. The third-order valence-electron chi connectivity index (χ3n) is 7.04. The Kier molecular flexibility index (Phi) is 8.90. The minimum Gasteiger partial charge on any atom is -0.385 e. The summed E-state index contributed by atoms with van der Waals surface area (Å²) in [5.74, 6) is 0.196. The van der Waals surface area contributed by atoms with Gasteiger partial charge in [-0.3, -0.25) is 4.79 Å². The molecular formula is C28H32Cl2N2O2S. The van der Waals surface area contributed by atoms with Crippen molar-refractivity contribution in [3.8, 4) is 0 Å². The van der Waals surface area contributed by atoms with Crippen molar-refractivity contribution < 1.29 is 9.90 Å². The third kappa shape index (κ3) is 6.46. The van der Waals surface area contributed by atoms with E-state index in [1.165, 1.54) is 11.3 Å². The fourth-order valence-electron chi connectivity index (χ4n) is 4.83. The first-order valence-electron chi connectivity index (χ1n) is 12.2. The number of aliphatic hydroxyl groups is 1. The van der Waals surface area contributed by atoms with Gasteiger partial charge in [0.15, 0.2) is 0 Å². The molecule has 4 nitrogen and oxygen atoms in total. The van der Waals surface area contributed by atoms with E-state index in [2.05, 4.69) is 4.90 Å². The molecular weight excluding hydrogens is 499 g/mol. The standard InChI is InChI=1S/C28H32Cl2N2O2S/c1-2-32(27(33)26-9-6-18-35-26)20-22(21-10-11-24(29)25(30)19-21)12-15-31-16-13-28(34,14-17-31)23-7-4-3-5-8-23/h3-11,18-19,22,34H,2,12-17,20H2,1H3. The summed E-state index contributed by atoms with van der Waals surface area (Å²) in [4.78, 5) is 18.2. The first-order valence-corrected chi connectivity index (χ1v) is 13.8. The first kappa shape index (κ1) is 26.2. The van der Waals surface area contributed by atoms with Crippen LogP contribution >= 0.6 is 34.5 Å². The first-order chi connectivity index (χ1) is 16.9. The van der Waals surface area contributed by atoms with Crippen LogP contribution < -0.4 is 0 Å². The molecule has 1 unspecified atom stereocenters. The van der Waals surface area contributed by atoms with Crippen molar-refractivity contribution in [3.63, 3.8) is 0 Å². The summed E-state index contributed by atoms with van der Waals surface area (Å²) in [6.45, 7) is 5.85. The van der Waals surface area contributed by atoms with Crippen LogP contribution in [-0.2, 0) is 5.60 Å². The van der Waals surface area contributed by atoms with Gasteiger partial charge < -0.3 is 14.9 Å². The molecule has 2 heterocycles. The summed E-state index contributed by atoms with van der Waals surface area (Å²) >= 11 is 14.0. The number of piperidine rings is 1. The summed E-state index contributed by atoms with van der Waals surface area (Å²) in [5.41, 5.74) is 1.33. The molecule has 0 radical (unpaired) electrons. The van der Waals surface area contributed by atoms with E-state index >= 15 is 0 Å². The highest BCUT2D eigenvalue weighted by Gasteiger charge is 2.34. The molecule has 1 N–H and O–H groups in total. The molecule has 4 rings (SSSR count). The zero-order chi connectivity index (χ0) is 24.8. The topological polar surface area (TPSA) is 43.8 Å². The van der Waals surface area contributed by atoms with E-state index < -0.39 is 5.60 Å². The summed E-state index contributed by atoms with van der Waals surface area (Å²) in [7, 11) is 0. The number of halogens is 2. The molecule has 1 aliphatic rings. The van der Waals surface area contributed by atoms with Crippen LogP contribution in [0.1, 0.15) is 52.9 Å². The number of benzene rings is 2. The Bertz CT molecular complexity index is 1100. The minimum absolute atomic E-state index is 0.0680. The summed E-state index contributed by atoms with van der Waals surface area (Å²) in [6, 6.07) is 19.6. The zero-order valence-electron chi connectivity index (χ0n) is 20.0. The lowest BCUT2D eigenvalue weighted by atomic mass is 9.84. The van der Waals surface area contributed by atoms with Crippen LogP contribution in [0.5, 0.6) is 0 Å². The van der Waals surface area contributed by atoms with Gasteiger partial charge in [0.2, 0.25) is 0 Å². The minimum atomic E-state index is -0.757. The van der Waals surface area contributed by atoms with Crippen molar-refractivity contribution in [3.05, 3.63) is 92.1 Å². The maximum atomic E-state index is 13.1. The molecule has 3 aromatic rings. The number of carbonyl (C=O) groups is 1. The molecule has 186 valence electrons. The number of likely N-dealkylation sites (N-methyl/N-ethyl adjacent to an activating group) is 1. The highest BCUT2D eigenvalue weighted by atomic mass is 35.5. The van der Waals surface area contributed by atoms with Crippen LogP contribution in [-0.4, -0.2) is 53.5 Å². The van der Waals surface area contributed by atoms with Crippen LogP contribution in [0, 0.1) is 0 Å². The number of thiophene rings is 1. The largest absolute Gasteiger partial charge is 0.385 e. The predicted molar refractivity (Wildman–Crippen MR) is 146 cm³/mol. The fraction of sp³-hybridized carbons (Fsp3) is 0.393. The van der Waals surface area contributed by atoms with Gasteiger partial charge >= 0.3 is 0 Å². The van der Waals surface area contributed by atoms with Gasteiger partial charge in [-0.1, -0.05) is 65.7 Å². The quantitative estimate of drug-likeness (QED) is 0.335. The lowest BCUT2D eigenvalue weighted by molar-refractivity contribution is -0.0264. The Hall–Kier alpha value is -1.89. The van der Waals surface area contributed by atoms with Crippen molar-refractivity contribution in [1.29, 1.82) is 0 Å². The average molecular weight is 532 g/mol. The summed E-state index contributed by atoms with van der Waals surface area (Å²) in [5, 5.41) is 14.2. The van der Waals surface area contributed by atoms with E-state index in [-0.39, 0.29) is 11.8 Å². The molecule has 1 amide bonds. The second kappa shape index (κ2) is 11.9. The molecule has 0 bridgehead atoms. The van der Waals surface area contributed by atoms with Gasteiger partial charge in [-0.05, 0) is 67.4 Å². The highest BCUT2D eigenvalue weighted by molar-refractivity contribution is 7.12. The van der Waals surface area contributed by atoms with Crippen LogP contribution in [0.3, 0.4) is 0 Å². The molecule has 1 aliphatic heterocycles. The number of rotatable bonds is 9. The van der Waals surface area contributed by atoms with Crippen molar-refractivity contribution >= 4 is 40.4 Å². The summed E-state index contributed by atoms with van der Waals surface area (Å²) in [6.07, 6.45) is 2.31. The molecule has 0 saturated carbocycles. The Morgan fingerprint density at radius 2 is 1.83 bits per heavy atom. The normalized spacial score (nSPS) is 16.7. The van der Waals surface area contributed by atoms with Crippen molar-refractivity contribution in [2.45, 2.75) is 37.7 Å². The fourth-order valence-corrected chi connectivity index (χ4v) is 5.83. The van der Waals surface area contributed by atoms with Gasteiger partial charge in [0.05, 0.1) is 20.5 Å². The van der Waals surface area contributed by atoms with E-state index in [0.29, 0.717) is 36.0 Å². The monoisotopic (exact) mass is 530 g/mol. The number of carbonyl (C=O) groups excluding carboxylic acids is 1. The Morgan fingerprint density at radius 1 is 1.09 bits per heavy atom. The lowest BCUT2D eigenvalue weighted by Crippen LogP contribution is -2.43. The molecule has 0 spiro atoms. The van der Waals surface area contributed by atoms with Gasteiger partial charge in [0.1, 0.15) is 0 Å². The molecule has 35 heavy (non-hydrogen) atoms. The maximum Gasteiger partial charge on any atom is 0.263 e. The SMILES string of the molecule is CCN(CC(CCN1CCC(O)(c2ccccc2)CC1)c1ccc(Cl)c(Cl)c1)C(=O)c1cccs1. The van der Waals surface area contributed by atoms with Crippen molar-refractivity contribution in [1.82, 2.24) is 9.80 Å². The summed E-state index contributed by atoms with van der Waals surface area (Å²) < 4.78 is 0. The van der Waals surface area contributed by atoms with Gasteiger partial charge in [-0.15, -0.1) is 11.3 Å². The smallest absolute Gasteiger partial charge is 0.263 e. The van der Waals surface area contributed by atoms with Crippen LogP contribution in [0.25, 0.3) is 0 Å². The van der Waals surface area contributed by atoms with Crippen LogP contribution in [0.4, 0.5) is 0 Å². The van der Waals surface area contributed by atoms with E-state index in [1.54, 1.807) is 0 Å². The van der Waals surface area contributed by atoms with Gasteiger partial charge in [-0.2, -0.15) is 0 Å². The van der Waals surface area contributed by atoms with E-state index in [9.17, 15) is 9.90 Å². The number of hydrogen-bond donors (Lipinski definition) is 1. The average Bonchev–Trinajstić information content (AvgIpc) is 3.42. The molecule has 1 aromatic heterocycles. The van der Waals surface area contributed by atoms with Gasteiger partial charge in [0.25, 0.3) is 5.91 Å². The van der Waals surface area contributed by atoms with Gasteiger partial charge in [0, 0.05) is 32.1 Å². The molecule has 2 aromatic carbocycles. The molecule has 1 atom stereocenters. The van der Waals surface area contributed by atoms with Crippen LogP contribution in [0.2, 0.25) is 10.0 Å². The number of amides is 1. The second-order valence-corrected chi connectivity index (χ2v) is 11.0. The lowest BCUT2D eigenvalue weighted by Gasteiger charge is -2.39. The molecule has 7 heteroatoms. The highest BCUT2D eigenvalue weighted by Crippen LogP contribution is 2.34. The van der Waals surface area contributed by atoms with Crippen molar-refractivity contribution in [2.75, 3.05) is 32.7 Å². The Labute approximate surface area is 222 Å². The molecule has 1 fully saturated rings. The second-order valence-electron chi connectivity index (χ2n) is 9.22. The molecule has 1 saturated heterocycles.